The normalized spacial score (nSPS) is 13.2. The van der Waals surface area contributed by atoms with Crippen molar-refractivity contribution in [1.29, 1.82) is 0 Å². The van der Waals surface area contributed by atoms with Gasteiger partial charge in [-0.2, -0.15) is 0 Å². The Bertz CT molecular complexity index is 328. The number of hydrogen-bond donors (Lipinski definition) is 2. The molecule has 0 saturated carbocycles. The quantitative estimate of drug-likeness (QED) is 0.617. The second-order valence-corrected chi connectivity index (χ2v) is 4.43. The molecule has 0 amide bonds. The molecule has 0 aliphatic heterocycles. The third kappa shape index (κ3) is 3.45. The maximum Gasteiger partial charge on any atom is 0.142 e. The van der Waals surface area contributed by atoms with E-state index in [4.69, 9.17) is 17.4 Å². The molecular formula is C11H16ClFN2. The van der Waals surface area contributed by atoms with Gasteiger partial charge in [0.05, 0.1) is 5.02 Å². The smallest absolute Gasteiger partial charge is 0.142 e. The molecule has 3 N–H and O–H groups in total. The molecule has 1 unspecified atom stereocenters. The van der Waals surface area contributed by atoms with Gasteiger partial charge in [-0.1, -0.05) is 31.5 Å². The fourth-order valence-corrected chi connectivity index (χ4v) is 1.62. The minimum Gasteiger partial charge on any atom is -0.271 e. The van der Waals surface area contributed by atoms with Gasteiger partial charge in [0, 0.05) is 6.04 Å². The van der Waals surface area contributed by atoms with Crippen LogP contribution in [-0.4, -0.2) is 0 Å². The highest BCUT2D eigenvalue weighted by Crippen LogP contribution is 2.24. The van der Waals surface area contributed by atoms with Crippen LogP contribution in [0.3, 0.4) is 0 Å². The third-order valence-corrected chi connectivity index (χ3v) is 2.56. The molecule has 0 aromatic heterocycles. The summed E-state index contributed by atoms with van der Waals surface area (Å²) < 4.78 is 13.2. The second kappa shape index (κ2) is 5.45. The molecule has 0 bridgehead atoms. The Morgan fingerprint density at radius 3 is 2.60 bits per heavy atom. The first kappa shape index (κ1) is 12.4. The Labute approximate surface area is 94.6 Å². The first-order chi connectivity index (χ1) is 7.04. The molecule has 2 nitrogen and oxygen atoms in total. The first-order valence-electron chi connectivity index (χ1n) is 4.95. The topological polar surface area (TPSA) is 38.0 Å². The molecule has 0 saturated heterocycles. The van der Waals surface area contributed by atoms with E-state index in [2.05, 4.69) is 19.3 Å². The molecule has 1 aromatic carbocycles. The molecule has 0 aliphatic carbocycles. The molecule has 1 rings (SSSR count). The summed E-state index contributed by atoms with van der Waals surface area (Å²) >= 11 is 5.61. The van der Waals surface area contributed by atoms with Gasteiger partial charge in [-0.05, 0) is 30.0 Å². The summed E-state index contributed by atoms with van der Waals surface area (Å²) in [5.74, 6) is 5.52. The van der Waals surface area contributed by atoms with Gasteiger partial charge in [0.2, 0.25) is 0 Å². The zero-order valence-corrected chi connectivity index (χ0v) is 9.68. The maximum atomic E-state index is 13.2. The summed E-state index contributed by atoms with van der Waals surface area (Å²) in [5.41, 5.74) is 3.51. The van der Waals surface area contributed by atoms with Gasteiger partial charge >= 0.3 is 0 Å². The van der Waals surface area contributed by atoms with Crippen LogP contribution in [0, 0.1) is 11.7 Å². The largest absolute Gasteiger partial charge is 0.271 e. The summed E-state index contributed by atoms with van der Waals surface area (Å²) in [5, 5.41) is 0.138. The predicted molar refractivity (Wildman–Crippen MR) is 60.9 cm³/mol. The van der Waals surface area contributed by atoms with E-state index in [9.17, 15) is 4.39 Å². The fraction of sp³-hybridized carbons (Fsp3) is 0.455. The van der Waals surface area contributed by atoms with E-state index in [1.165, 1.54) is 6.07 Å². The third-order valence-electron chi connectivity index (χ3n) is 2.25. The molecule has 0 fully saturated rings. The summed E-state index contributed by atoms with van der Waals surface area (Å²) in [4.78, 5) is 0. The van der Waals surface area contributed by atoms with E-state index in [-0.39, 0.29) is 11.1 Å². The fourth-order valence-electron chi connectivity index (χ4n) is 1.50. The molecule has 15 heavy (non-hydrogen) atoms. The minimum absolute atomic E-state index is 0.0308. The van der Waals surface area contributed by atoms with Crippen molar-refractivity contribution in [2.75, 3.05) is 0 Å². The summed E-state index contributed by atoms with van der Waals surface area (Å²) in [6, 6.07) is 4.74. The SMILES string of the molecule is CC(C)CC(NN)c1ccc(Cl)c(F)c1. The lowest BCUT2D eigenvalue weighted by atomic mass is 9.97. The standard InChI is InChI=1S/C11H16ClFN2/c1-7(2)5-11(15-14)8-3-4-9(12)10(13)6-8/h3-4,6-7,11,15H,5,14H2,1-2H3. The molecule has 4 heteroatoms. The average molecular weight is 231 g/mol. The Morgan fingerprint density at radius 1 is 1.47 bits per heavy atom. The van der Waals surface area contributed by atoms with E-state index in [1.807, 2.05) is 0 Å². The molecule has 1 aromatic rings. The summed E-state index contributed by atoms with van der Waals surface area (Å²) in [6.07, 6.45) is 0.859. The van der Waals surface area contributed by atoms with Gasteiger partial charge < -0.3 is 0 Å². The van der Waals surface area contributed by atoms with Gasteiger partial charge in [-0.3, -0.25) is 11.3 Å². The molecule has 0 heterocycles. The molecule has 0 radical (unpaired) electrons. The van der Waals surface area contributed by atoms with Gasteiger partial charge in [-0.15, -0.1) is 0 Å². The van der Waals surface area contributed by atoms with Crippen molar-refractivity contribution >= 4 is 11.6 Å². The van der Waals surface area contributed by atoms with Crippen LogP contribution in [-0.2, 0) is 0 Å². The van der Waals surface area contributed by atoms with Crippen molar-refractivity contribution in [2.24, 2.45) is 11.8 Å². The van der Waals surface area contributed by atoms with E-state index in [1.54, 1.807) is 12.1 Å². The first-order valence-corrected chi connectivity index (χ1v) is 5.33. The van der Waals surface area contributed by atoms with Gasteiger partial charge in [0.25, 0.3) is 0 Å². The van der Waals surface area contributed by atoms with Gasteiger partial charge in [0.1, 0.15) is 5.82 Å². The highest BCUT2D eigenvalue weighted by Gasteiger charge is 2.13. The van der Waals surface area contributed by atoms with E-state index >= 15 is 0 Å². The molecule has 84 valence electrons. The zero-order chi connectivity index (χ0) is 11.4. The molecule has 1 atom stereocenters. The number of hydrazine groups is 1. The Kier molecular flexibility index (Phi) is 4.51. The van der Waals surface area contributed by atoms with E-state index in [0.29, 0.717) is 5.92 Å². The average Bonchev–Trinajstić information content (AvgIpc) is 2.18. The van der Waals surface area contributed by atoms with Gasteiger partial charge in [-0.25, -0.2) is 4.39 Å². The van der Waals surface area contributed by atoms with Crippen LogP contribution in [0.4, 0.5) is 4.39 Å². The maximum absolute atomic E-state index is 13.2. The lowest BCUT2D eigenvalue weighted by Gasteiger charge is -2.18. The van der Waals surface area contributed by atoms with Crippen LogP contribution in [0.5, 0.6) is 0 Å². The Balaban J connectivity index is 2.87. The Morgan fingerprint density at radius 2 is 2.13 bits per heavy atom. The number of hydrogen-bond acceptors (Lipinski definition) is 2. The number of nitrogens with one attached hydrogen (secondary N) is 1. The molecular weight excluding hydrogens is 215 g/mol. The van der Waals surface area contributed by atoms with Crippen molar-refractivity contribution in [3.8, 4) is 0 Å². The highest BCUT2D eigenvalue weighted by atomic mass is 35.5. The number of rotatable bonds is 4. The van der Waals surface area contributed by atoms with Crippen molar-refractivity contribution < 1.29 is 4.39 Å². The predicted octanol–water partition coefficient (Wildman–Crippen LogP) is 3.03. The lowest BCUT2D eigenvalue weighted by molar-refractivity contribution is 0.436. The minimum atomic E-state index is -0.404. The molecule has 0 aliphatic rings. The second-order valence-electron chi connectivity index (χ2n) is 4.02. The summed E-state index contributed by atoms with van der Waals surface area (Å²) in [6.45, 7) is 4.19. The van der Waals surface area contributed by atoms with Crippen LogP contribution in [0.2, 0.25) is 5.02 Å². The van der Waals surface area contributed by atoms with Crippen molar-refractivity contribution in [3.63, 3.8) is 0 Å². The lowest BCUT2D eigenvalue weighted by Crippen LogP contribution is -2.29. The van der Waals surface area contributed by atoms with Crippen LogP contribution >= 0.6 is 11.6 Å². The Hall–Kier alpha value is -0.640. The van der Waals surface area contributed by atoms with Gasteiger partial charge in [0.15, 0.2) is 0 Å². The van der Waals surface area contributed by atoms with Crippen LogP contribution in [0.1, 0.15) is 31.9 Å². The van der Waals surface area contributed by atoms with Crippen molar-refractivity contribution in [1.82, 2.24) is 5.43 Å². The van der Waals surface area contributed by atoms with Crippen LogP contribution in [0.15, 0.2) is 18.2 Å². The number of benzene rings is 1. The van der Waals surface area contributed by atoms with Crippen LogP contribution in [0.25, 0.3) is 0 Å². The van der Waals surface area contributed by atoms with Crippen molar-refractivity contribution in [3.05, 3.63) is 34.6 Å². The monoisotopic (exact) mass is 230 g/mol. The highest BCUT2D eigenvalue weighted by molar-refractivity contribution is 6.30. The van der Waals surface area contributed by atoms with Crippen molar-refractivity contribution in [2.45, 2.75) is 26.3 Å². The van der Waals surface area contributed by atoms with E-state index in [0.717, 1.165) is 12.0 Å². The zero-order valence-electron chi connectivity index (χ0n) is 8.93. The summed E-state index contributed by atoms with van der Waals surface area (Å²) in [7, 11) is 0. The van der Waals surface area contributed by atoms with E-state index < -0.39 is 5.82 Å². The molecule has 0 spiro atoms. The van der Waals surface area contributed by atoms with Crippen LogP contribution < -0.4 is 11.3 Å². The number of halogens is 2. The number of nitrogens with two attached hydrogens (primary N) is 1.